The summed E-state index contributed by atoms with van der Waals surface area (Å²) in [5.74, 6) is 0.281. The number of nitrogens with zero attached hydrogens (tertiary/aromatic N) is 5. The molecule has 21 heavy (non-hydrogen) atoms. The third-order valence-electron chi connectivity index (χ3n) is 1.57. The van der Waals surface area contributed by atoms with Gasteiger partial charge in [-0.15, -0.1) is 0 Å². The van der Waals surface area contributed by atoms with Crippen molar-refractivity contribution >= 4 is 20.2 Å². The number of anilines is 2. The van der Waals surface area contributed by atoms with E-state index in [0.29, 0.717) is 6.01 Å². The van der Waals surface area contributed by atoms with Gasteiger partial charge in [-0.3, -0.25) is 4.98 Å². The van der Waals surface area contributed by atoms with Crippen LogP contribution < -0.4 is 21.6 Å². The molecule has 2 rings (SSSR count). The third kappa shape index (κ3) is 8.25. The maximum Gasteiger partial charge on any atom is 0.349 e. The van der Waals surface area contributed by atoms with Crippen LogP contribution in [0.2, 0.25) is 19.6 Å². The molecule has 0 unspecified atom stereocenters. The van der Waals surface area contributed by atoms with Gasteiger partial charge in [-0.25, -0.2) is 14.8 Å². The Kier molecular flexibility index (Phi) is 6.93. The van der Waals surface area contributed by atoms with Gasteiger partial charge in [0.25, 0.3) is 0 Å². The second kappa shape index (κ2) is 7.89. The molecular formula is C10H20N8O2Si. The van der Waals surface area contributed by atoms with E-state index < -0.39 is 14.0 Å². The van der Waals surface area contributed by atoms with Crippen LogP contribution in [0.3, 0.4) is 0 Å². The van der Waals surface area contributed by atoms with Gasteiger partial charge in [-0.2, -0.15) is 15.0 Å². The van der Waals surface area contributed by atoms with E-state index in [1.165, 1.54) is 6.33 Å². The van der Waals surface area contributed by atoms with E-state index in [-0.39, 0.29) is 19.3 Å². The summed E-state index contributed by atoms with van der Waals surface area (Å²) in [6.07, 6.45) is 2.45. The molecule has 2 aromatic heterocycles. The maximum atomic E-state index is 10.2. The van der Waals surface area contributed by atoms with E-state index in [1.54, 1.807) is 0 Å². The minimum Gasteiger partial charge on any atom is -0.518 e. The van der Waals surface area contributed by atoms with Crippen LogP contribution in [0.1, 0.15) is 7.43 Å². The van der Waals surface area contributed by atoms with Gasteiger partial charge in [0, 0.05) is 0 Å². The van der Waals surface area contributed by atoms with Crippen molar-refractivity contribution in [3.63, 3.8) is 0 Å². The summed E-state index contributed by atoms with van der Waals surface area (Å²) in [4.78, 5) is 30.4. The smallest absolute Gasteiger partial charge is 0.349 e. The number of hydrogen-bond acceptors (Lipinski definition) is 9. The molecule has 2 aromatic rings. The highest BCUT2D eigenvalue weighted by atomic mass is 28.4. The molecule has 10 nitrogen and oxygen atoms in total. The predicted molar refractivity (Wildman–Crippen MR) is 82.0 cm³/mol. The first-order valence-electron chi connectivity index (χ1n) is 5.56. The van der Waals surface area contributed by atoms with Crippen molar-refractivity contribution in [1.82, 2.24) is 29.9 Å². The minimum absolute atomic E-state index is 0. The van der Waals surface area contributed by atoms with Crippen LogP contribution in [0.5, 0.6) is 6.01 Å². The molecule has 11 heteroatoms. The first kappa shape index (κ1) is 18.4. The Bertz CT molecular complexity index is 612. The highest BCUT2D eigenvalue weighted by Gasteiger charge is 2.17. The fourth-order valence-electron chi connectivity index (χ4n) is 0.934. The van der Waals surface area contributed by atoms with Gasteiger partial charge in [-0.05, 0) is 19.6 Å². The zero-order chi connectivity index (χ0) is 15.2. The monoisotopic (exact) mass is 312 g/mol. The summed E-state index contributed by atoms with van der Waals surface area (Å²) in [5, 5.41) is 0. The zero-order valence-corrected chi connectivity index (χ0v) is 12.4. The fourth-order valence-corrected chi connectivity index (χ4v) is 1.58. The molecule has 0 radical (unpaired) electrons. The van der Waals surface area contributed by atoms with Crippen LogP contribution >= 0.6 is 0 Å². The van der Waals surface area contributed by atoms with E-state index in [9.17, 15) is 4.79 Å². The maximum absolute atomic E-state index is 10.2. The number of rotatable bonds is 2. The number of aromatic nitrogens is 6. The third-order valence-corrected chi connectivity index (χ3v) is 2.37. The lowest BCUT2D eigenvalue weighted by Gasteiger charge is -2.16. The molecule has 116 valence electrons. The Morgan fingerprint density at radius 1 is 1.10 bits per heavy atom. The van der Waals surface area contributed by atoms with Crippen molar-refractivity contribution in [2.24, 2.45) is 0 Å². The van der Waals surface area contributed by atoms with Crippen LogP contribution in [0.15, 0.2) is 17.4 Å². The highest BCUT2D eigenvalue weighted by Crippen LogP contribution is 2.08. The van der Waals surface area contributed by atoms with E-state index in [0.717, 1.165) is 6.33 Å². The molecule has 0 fully saturated rings. The number of aromatic amines is 1. The van der Waals surface area contributed by atoms with Crippen LogP contribution in [-0.2, 0) is 0 Å². The van der Waals surface area contributed by atoms with E-state index in [1.807, 2.05) is 19.6 Å². The molecule has 0 saturated heterocycles. The Morgan fingerprint density at radius 3 is 2.14 bits per heavy atom. The standard InChI is InChI=1S/C6H12N4OSi.C3H4N4O.CH4/c1-12(2,3)11-6-9-4-8-5(7)10-6;4-2-5-1-6-3(8)7-2;/h4H,1-3H3,(H2,7,8,9,10);1H,(H3,4,5,6,7,8);1H4. The van der Waals surface area contributed by atoms with Crippen molar-refractivity contribution in [1.29, 1.82) is 0 Å². The molecule has 0 amide bonds. The lowest BCUT2D eigenvalue weighted by atomic mass is 10.9. The average molecular weight is 312 g/mol. The Balaban J connectivity index is 0.000000390. The van der Waals surface area contributed by atoms with Gasteiger partial charge >= 0.3 is 11.7 Å². The zero-order valence-electron chi connectivity index (χ0n) is 11.4. The summed E-state index contributed by atoms with van der Waals surface area (Å²) in [7, 11) is -1.63. The molecule has 0 aliphatic heterocycles. The second-order valence-corrected chi connectivity index (χ2v) is 8.96. The van der Waals surface area contributed by atoms with Crippen molar-refractivity contribution in [2.75, 3.05) is 11.5 Å². The first-order chi connectivity index (χ1) is 9.26. The number of nitrogen functional groups attached to an aromatic ring is 2. The fraction of sp³-hybridized carbons (Fsp3) is 0.400. The van der Waals surface area contributed by atoms with Crippen molar-refractivity contribution < 1.29 is 4.43 Å². The van der Waals surface area contributed by atoms with Crippen LogP contribution in [0.25, 0.3) is 0 Å². The number of nitrogens with two attached hydrogens (primary N) is 2. The molecule has 0 bridgehead atoms. The van der Waals surface area contributed by atoms with Crippen LogP contribution in [0, 0.1) is 0 Å². The van der Waals surface area contributed by atoms with Crippen molar-refractivity contribution in [3.05, 3.63) is 23.1 Å². The number of H-pyrrole nitrogens is 1. The van der Waals surface area contributed by atoms with Gasteiger partial charge in [0.1, 0.15) is 12.7 Å². The number of nitrogens with one attached hydrogen (secondary N) is 1. The molecule has 0 aliphatic rings. The van der Waals surface area contributed by atoms with Gasteiger partial charge < -0.3 is 15.9 Å². The first-order valence-corrected chi connectivity index (χ1v) is 8.97. The van der Waals surface area contributed by atoms with E-state index >= 15 is 0 Å². The Hall–Kier alpha value is -2.56. The van der Waals surface area contributed by atoms with E-state index in [4.69, 9.17) is 15.9 Å². The molecular weight excluding hydrogens is 292 g/mol. The van der Waals surface area contributed by atoms with Crippen LogP contribution in [-0.4, -0.2) is 38.2 Å². The molecule has 5 N–H and O–H groups in total. The highest BCUT2D eigenvalue weighted by molar-refractivity contribution is 6.70. The Morgan fingerprint density at radius 2 is 1.71 bits per heavy atom. The number of hydrogen-bond donors (Lipinski definition) is 3. The van der Waals surface area contributed by atoms with Crippen molar-refractivity contribution in [3.8, 4) is 6.01 Å². The van der Waals surface area contributed by atoms with Gasteiger partial charge in [0.15, 0.2) is 0 Å². The van der Waals surface area contributed by atoms with Crippen molar-refractivity contribution in [2.45, 2.75) is 27.1 Å². The average Bonchev–Trinajstić information content (AvgIpc) is 2.26. The summed E-state index contributed by atoms with van der Waals surface area (Å²) in [6, 6.07) is 0.321. The lowest BCUT2D eigenvalue weighted by Crippen LogP contribution is -2.30. The molecule has 0 aliphatic carbocycles. The molecule has 0 atom stereocenters. The summed E-state index contributed by atoms with van der Waals surface area (Å²) >= 11 is 0. The molecule has 0 spiro atoms. The van der Waals surface area contributed by atoms with Gasteiger partial charge in [-0.1, -0.05) is 7.43 Å². The molecule has 0 aromatic carbocycles. The molecule has 2 heterocycles. The quantitative estimate of drug-likeness (QED) is 0.651. The van der Waals surface area contributed by atoms with E-state index in [2.05, 4.69) is 29.9 Å². The minimum atomic E-state index is -1.63. The summed E-state index contributed by atoms with van der Waals surface area (Å²) < 4.78 is 5.48. The largest absolute Gasteiger partial charge is 0.518 e. The topological polar surface area (TPSA) is 159 Å². The van der Waals surface area contributed by atoms with Crippen LogP contribution in [0.4, 0.5) is 11.9 Å². The molecule has 0 saturated carbocycles. The lowest BCUT2D eigenvalue weighted by molar-refractivity contribution is 0.507. The van der Waals surface area contributed by atoms with Gasteiger partial charge in [0.2, 0.25) is 20.2 Å². The predicted octanol–water partition coefficient (Wildman–Crippen LogP) is 0.0507. The SMILES string of the molecule is C.C[Si](C)(C)Oc1ncnc(N)n1.Nc1ncnc(=O)[nH]1. The Labute approximate surface area is 123 Å². The van der Waals surface area contributed by atoms with Gasteiger partial charge in [0.05, 0.1) is 0 Å². The summed E-state index contributed by atoms with van der Waals surface area (Å²) in [5.41, 5.74) is 9.93. The second-order valence-electron chi connectivity index (χ2n) is 4.53. The summed E-state index contributed by atoms with van der Waals surface area (Å²) in [6.45, 7) is 6.15. The normalized spacial score (nSPS) is 9.86.